The minimum Gasteiger partial charge on any atom is -0.457 e. The second-order valence-corrected chi connectivity index (χ2v) is 7.50. The number of amides is 1. The molecule has 4 heteroatoms. The molecule has 0 aliphatic heterocycles. The Hall–Kier alpha value is -4.18. The normalized spacial score (nSPS) is 10.4. The van der Waals surface area contributed by atoms with Crippen LogP contribution in [-0.2, 0) is 6.42 Å². The van der Waals surface area contributed by atoms with Gasteiger partial charge in [0.05, 0.1) is 11.3 Å². The average Bonchev–Trinajstić information content (AvgIpc) is 2.80. The highest BCUT2D eigenvalue weighted by molar-refractivity contribution is 6.10. The van der Waals surface area contributed by atoms with E-state index in [0.29, 0.717) is 28.3 Å². The summed E-state index contributed by atoms with van der Waals surface area (Å²) in [5.41, 5.74) is 3.38. The topological polar surface area (TPSA) is 55.4 Å². The third-order valence-corrected chi connectivity index (χ3v) is 5.03. The maximum atomic E-state index is 13.1. The molecule has 158 valence electrons. The molecule has 0 bridgehead atoms. The number of anilines is 1. The summed E-state index contributed by atoms with van der Waals surface area (Å²) in [4.78, 5) is 26.1. The van der Waals surface area contributed by atoms with Gasteiger partial charge in [0.15, 0.2) is 5.78 Å². The molecule has 0 aromatic heterocycles. The number of carbonyl (C=O) groups is 2. The van der Waals surface area contributed by atoms with Gasteiger partial charge < -0.3 is 10.1 Å². The Morgan fingerprint density at radius 1 is 0.750 bits per heavy atom. The maximum absolute atomic E-state index is 13.1. The van der Waals surface area contributed by atoms with E-state index >= 15 is 0 Å². The number of hydrogen-bond acceptors (Lipinski definition) is 3. The van der Waals surface area contributed by atoms with E-state index in [1.807, 2.05) is 67.6 Å². The SMILES string of the molecule is Cc1cccc(CC(=O)c2ccccc2NC(=O)c2ccccc2Oc2ccccc2)c1. The molecular weight excluding hydrogens is 398 g/mol. The van der Waals surface area contributed by atoms with Gasteiger partial charge in [0.2, 0.25) is 0 Å². The molecule has 0 radical (unpaired) electrons. The van der Waals surface area contributed by atoms with Gasteiger partial charge in [-0.2, -0.15) is 0 Å². The van der Waals surface area contributed by atoms with Crippen LogP contribution in [0.25, 0.3) is 0 Å². The van der Waals surface area contributed by atoms with Gasteiger partial charge in [-0.05, 0) is 48.9 Å². The third-order valence-electron chi connectivity index (χ3n) is 5.03. The van der Waals surface area contributed by atoms with E-state index in [9.17, 15) is 9.59 Å². The fraction of sp³-hybridized carbons (Fsp3) is 0.0714. The van der Waals surface area contributed by atoms with Gasteiger partial charge in [0.25, 0.3) is 5.91 Å². The molecule has 0 atom stereocenters. The maximum Gasteiger partial charge on any atom is 0.259 e. The summed E-state index contributed by atoms with van der Waals surface area (Å²) >= 11 is 0. The zero-order valence-electron chi connectivity index (χ0n) is 17.7. The number of nitrogens with one attached hydrogen (secondary N) is 1. The van der Waals surface area contributed by atoms with Crippen molar-refractivity contribution in [2.45, 2.75) is 13.3 Å². The second kappa shape index (κ2) is 9.75. The van der Waals surface area contributed by atoms with Crippen LogP contribution >= 0.6 is 0 Å². The molecule has 4 aromatic carbocycles. The number of ether oxygens (including phenoxy) is 1. The van der Waals surface area contributed by atoms with Gasteiger partial charge in [0.1, 0.15) is 11.5 Å². The Kier molecular flexibility index (Phi) is 6.42. The monoisotopic (exact) mass is 421 g/mol. The number of para-hydroxylation sites is 3. The summed E-state index contributed by atoms with van der Waals surface area (Å²) in [6, 6.07) is 31.3. The molecule has 0 aliphatic carbocycles. The van der Waals surface area contributed by atoms with Crippen LogP contribution in [0.3, 0.4) is 0 Å². The number of hydrogen-bond donors (Lipinski definition) is 1. The van der Waals surface area contributed by atoms with Crippen LogP contribution in [0.15, 0.2) is 103 Å². The second-order valence-electron chi connectivity index (χ2n) is 7.50. The fourth-order valence-corrected chi connectivity index (χ4v) is 3.49. The average molecular weight is 421 g/mol. The Labute approximate surface area is 187 Å². The van der Waals surface area contributed by atoms with Crippen LogP contribution in [0.1, 0.15) is 31.8 Å². The summed E-state index contributed by atoms with van der Waals surface area (Å²) in [5, 5.41) is 2.89. The number of ketones is 1. The first-order valence-electron chi connectivity index (χ1n) is 10.4. The van der Waals surface area contributed by atoms with E-state index in [1.54, 1.807) is 42.5 Å². The van der Waals surface area contributed by atoms with Crippen LogP contribution in [0.5, 0.6) is 11.5 Å². The molecule has 0 unspecified atom stereocenters. The van der Waals surface area contributed by atoms with E-state index in [-0.39, 0.29) is 18.1 Å². The molecule has 4 rings (SSSR count). The van der Waals surface area contributed by atoms with Crippen molar-refractivity contribution >= 4 is 17.4 Å². The first kappa shape index (κ1) is 21.1. The minimum absolute atomic E-state index is 0.0553. The van der Waals surface area contributed by atoms with Crippen molar-refractivity contribution in [2.24, 2.45) is 0 Å². The lowest BCUT2D eigenvalue weighted by molar-refractivity contribution is 0.0994. The first-order chi connectivity index (χ1) is 15.6. The lowest BCUT2D eigenvalue weighted by Crippen LogP contribution is -2.16. The van der Waals surface area contributed by atoms with Gasteiger partial charge in [0, 0.05) is 12.0 Å². The highest BCUT2D eigenvalue weighted by Gasteiger charge is 2.17. The van der Waals surface area contributed by atoms with Gasteiger partial charge >= 0.3 is 0 Å². The lowest BCUT2D eigenvalue weighted by atomic mass is 10.00. The number of rotatable bonds is 7. The lowest BCUT2D eigenvalue weighted by Gasteiger charge is -2.13. The summed E-state index contributed by atoms with van der Waals surface area (Å²) in [6.07, 6.45) is 0.266. The highest BCUT2D eigenvalue weighted by atomic mass is 16.5. The predicted octanol–water partition coefficient (Wildman–Crippen LogP) is 6.47. The number of aryl methyl sites for hydroxylation is 1. The Bertz CT molecular complexity index is 1250. The molecular formula is C28H23NO3. The quantitative estimate of drug-likeness (QED) is 0.348. The highest BCUT2D eigenvalue weighted by Crippen LogP contribution is 2.27. The first-order valence-corrected chi connectivity index (χ1v) is 10.4. The fourth-order valence-electron chi connectivity index (χ4n) is 3.49. The molecule has 1 N–H and O–H groups in total. The minimum atomic E-state index is -0.340. The Balaban J connectivity index is 1.55. The molecule has 0 aliphatic rings. The van der Waals surface area contributed by atoms with Crippen LogP contribution in [0.4, 0.5) is 5.69 Å². The summed E-state index contributed by atoms with van der Waals surface area (Å²) in [6.45, 7) is 2.00. The summed E-state index contributed by atoms with van der Waals surface area (Å²) < 4.78 is 5.91. The molecule has 0 saturated carbocycles. The van der Waals surface area contributed by atoms with Crippen LogP contribution in [-0.4, -0.2) is 11.7 Å². The molecule has 0 spiro atoms. The van der Waals surface area contributed by atoms with Crippen LogP contribution < -0.4 is 10.1 Å². The van der Waals surface area contributed by atoms with Crippen molar-refractivity contribution in [1.82, 2.24) is 0 Å². The number of carbonyl (C=O) groups excluding carboxylic acids is 2. The zero-order chi connectivity index (χ0) is 22.3. The molecule has 4 nitrogen and oxygen atoms in total. The van der Waals surface area contributed by atoms with Gasteiger partial charge in [-0.1, -0.05) is 72.3 Å². The summed E-state index contributed by atoms with van der Waals surface area (Å²) in [7, 11) is 0. The molecule has 0 fully saturated rings. The van der Waals surface area contributed by atoms with Crippen molar-refractivity contribution in [3.8, 4) is 11.5 Å². The van der Waals surface area contributed by atoms with Crippen molar-refractivity contribution in [3.05, 3.63) is 125 Å². The van der Waals surface area contributed by atoms with E-state index in [1.165, 1.54) is 0 Å². The number of Topliss-reactive ketones (excluding diaryl/α,β-unsaturated/α-hetero) is 1. The van der Waals surface area contributed by atoms with Crippen molar-refractivity contribution in [3.63, 3.8) is 0 Å². The van der Waals surface area contributed by atoms with Gasteiger partial charge in [-0.25, -0.2) is 0 Å². The molecule has 0 saturated heterocycles. The largest absolute Gasteiger partial charge is 0.457 e. The molecule has 0 heterocycles. The van der Waals surface area contributed by atoms with Crippen molar-refractivity contribution in [2.75, 3.05) is 5.32 Å². The van der Waals surface area contributed by atoms with Crippen LogP contribution in [0, 0.1) is 6.92 Å². The van der Waals surface area contributed by atoms with E-state index in [2.05, 4.69) is 5.32 Å². The van der Waals surface area contributed by atoms with Crippen LogP contribution in [0.2, 0.25) is 0 Å². The predicted molar refractivity (Wildman–Crippen MR) is 127 cm³/mol. The molecule has 1 amide bonds. The van der Waals surface area contributed by atoms with E-state index in [4.69, 9.17) is 4.74 Å². The number of benzene rings is 4. The van der Waals surface area contributed by atoms with E-state index < -0.39 is 0 Å². The molecule has 32 heavy (non-hydrogen) atoms. The van der Waals surface area contributed by atoms with Crippen molar-refractivity contribution < 1.29 is 14.3 Å². The standard InChI is InChI=1S/C28H23NO3/c1-20-10-9-11-21(18-20)19-26(30)23-14-5-7-16-25(23)29-28(31)24-15-6-8-17-27(24)32-22-12-3-2-4-13-22/h2-18H,19H2,1H3,(H,29,31). The van der Waals surface area contributed by atoms with Crippen molar-refractivity contribution in [1.29, 1.82) is 0 Å². The zero-order valence-corrected chi connectivity index (χ0v) is 17.7. The van der Waals surface area contributed by atoms with E-state index in [0.717, 1.165) is 11.1 Å². The van der Waals surface area contributed by atoms with Gasteiger partial charge in [-0.15, -0.1) is 0 Å². The third kappa shape index (κ3) is 5.10. The van der Waals surface area contributed by atoms with Gasteiger partial charge in [-0.3, -0.25) is 9.59 Å². The Morgan fingerprint density at radius 2 is 1.44 bits per heavy atom. The Morgan fingerprint density at radius 3 is 2.22 bits per heavy atom. The summed E-state index contributed by atoms with van der Waals surface area (Å²) in [5.74, 6) is 0.689. The molecule has 4 aromatic rings. The smallest absolute Gasteiger partial charge is 0.259 e.